The van der Waals surface area contributed by atoms with Crippen molar-refractivity contribution in [1.29, 1.82) is 0 Å². The number of rotatable bonds is 3. The molecule has 0 spiro atoms. The van der Waals surface area contributed by atoms with Crippen molar-refractivity contribution < 1.29 is 13.2 Å². The number of imidazole rings is 1. The SMILES string of the molecule is CN(CC(F)(F)F)c1nc2ccccn2c1CBr. The molecule has 0 radical (unpaired) electrons. The lowest BCUT2D eigenvalue weighted by Gasteiger charge is -2.19. The summed E-state index contributed by atoms with van der Waals surface area (Å²) in [6, 6.07) is 5.37. The molecule has 0 aliphatic heterocycles. The zero-order chi connectivity index (χ0) is 13.3. The van der Waals surface area contributed by atoms with E-state index in [0.29, 0.717) is 22.5 Å². The maximum absolute atomic E-state index is 12.4. The van der Waals surface area contributed by atoms with Gasteiger partial charge < -0.3 is 9.30 Å². The summed E-state index contributed by atoms with van der Waals surface area (Å²) in [6.45, 7) is -1.02. The fourth-order valence-electron chi connectivity index (χ4n) is 1.81. The maximum Gasteiger partial charge on any atom is 0.405 e. The van der Waals surface area contributed by atoms with E-state index in [-0.39, 0.29) is 0 Å². The van der Waals surface area contributed by atoms with Gasteiger partial charge in [0.05, 0.1) is 5.69 Å². The molecule has 0 atom stereocenters. The van der Waals surface area contributed by atoms with Crippen LogP contribution in [0.5, 0.6) is 0 Å². The summed E-state index contributed by atoms with van der Waals surface area (Å²) in [4.78, 5) is 5.34. The molecule has 0 unspecified atom stereocenters. The Kier molecular flexibility index (Phi) is 3.52. The molecule has 7 heteroatoms. The number of hydrogen-bond acceptors (Lipinski definition) is 2. The molecule has 2 heterocycles. The van der Waals surface area contributed by atoms with Gasteiger partial charge in [0, 0.05) is 18.6 Å². The molecule has 0 N–H and O–H groups in total. The highest BCUT2D eigenvalue weighted by atomic mass is 79.9. The van der Waals surface area contributed by atoms with E-state index >= 15 is 0 Å². The van der Waals surface area contributed by atoms with E-state index in [9.17, 15) is 13.2 Å². The van der Waals surface area contributed by atoms with Crippen molar-refractivity contribution in [3.8, 4) is 0 Å². The van der Waals surface area contributed by atoms with Gasteiger partial charge in [-0.1, -0.05) is 22.0 Å². The fraction of sp³-hybridized carbons (Fsp3) is 0.364. The van der Waals surface area contributed by atoms with Crippen LogP contribution in [0.1, 0.15) is 5.69 Å². The van der Waals surface area contributed by atoms with Gasteiger partial charge in [0.2, 0.25) is 0 Å². The molecule has 0 saturated heterocycles. The predicted molar refractivity (Wildman–Crippen MR) is 67.1 cm³/mol. The fourth-order valence-corrected chi connectivity index (χ4v) is 2.33. The molecule has 18 heavy (non-hydrogen) atoms. The van der Waals surface area contributed by atoms with Gasteiger partial charge in [-0.25, -0.2) is 4.98 Å². The van der Waals surface area contributed by atoms with Gasteiger partial charge in [0.1, 0.15) is 12.2 Å². The molecule has 0 aliphatic carbocycles. The Labute approximate surface area is 110 Å². The number of nitrogens with zero attached hydrogens (tertiary/aromatic N) is 3. The highest BCUT2D eigenvalue weighted by Crippen LogP contribution is 2.26. The van der Waals surface area contributed by atoms with E-state index in [0.717, 1.165) is 4.90 Å². The molecule has 0 amide bonds. The van der Waals surface area contributed by atoms with Crippen LogP contribution in [0.4, 0.5) is 19.0 Å². The molecule has 98 valence electrons. The Balaban J connectivity index is 2.44. The first-order valence-corrected chi connectivity index (χ1v) is 6.34. The quantitative estimate of drug-likeness (QED) is 0.809. The van der Waals surface area contributed by atoms with E-state index in [1.54, 1.807) is 22.7 Å². The minimum atomic E-state index is -4.24. The summed E-state index contributed by atoms with van der Waals surface area (Å²) in [5.74, 6) is 0.343. The van der Waals surface area contributed by atoms with Crippen LogP contribution in [0.25, 0.3) is 5.65 Å². The molecule has 2 aromatic heterocycles. The van der Waals surface area contributed by atoms with E-state index in [2.05, 4.69) is 20.9 Å². The van der Waals surface area contributed by atoms with E-state index in [4.69, 9.17) is 0 Å². The minimum Gasteiger partial charge on any atom is -0.349 e. The maximum atomic E-state index is 12.4. The van der Waals surface area contributed by atoms with Crippen LogP contribution in [0, 0.1) is 0 Å². The lowest BCUT2D eigenvalue weighted by atomic mass is 10.4. The molecule has 2 rings (SSSR count). The van der Waals surface area contributed by atoms with Crippen molar-refractivity contribution in [3.63, 3.8) is 0 Å². The molecule has 3 nitrogen and oxygen atoms in total. The van der Waals surface area contributed by atoms with Crippen LogP contribution in [-0.4, -0.2) is 29.2 Å². The molecular formula is C11H11BrF3N3. The van der Waals surface area contributed by atoms with Crippen molar-refractivity contribution in [2.75, 3.05) is 18.5 Å². The topological polar surface area (TPSA) is 20.5 Å². The third-order valence-corrected chi connectivity index (χ3v) is 3.04. The number of hydrogen-bond donors (Lipinski definition) is 0. The normalized spacial score (nSPS) is 12.1. The minimum absolute atomic E-state index is 0.343. The molecule has 0 fully saturated rings. The van der Waals surface area contributed by atoms with Crippen molar-refractivity contribution in [3.05, 3.63) is 30.1 Å². The summed E-state index contributed by atoms with van der Waals surface area (Å²) < 4.78 is 39.0. The molecule has 0 aromatic carbocycles. The van der Waals surface area contributed by atoms with E-state index < -0.39 is 12.7 Å². The van der Waals surface area contributed by atoms with Crippen molar-refractivity contribution in [2.24, 2.45) is 0 Å². The summed E-state index contributed by atoms with van der Waals surface area (Å²) >= 11 is 3.29. The zero-order valence-electron chi connectivity index (χ0n) is 9.58. The highest BCUT2D eigenvalue weighted by Gasteiger charge is 2.31. The predicted octanol–water partition coefficient (Wildman–Crippen LogP) is 3.23. The van der Waals surface area contributed by atoms with E-state index in [1.807, 2.05) is 6.07 Å². The van der Waals surface area contributed by atoms with Crippen LogP contribution in [0.3, 0.4) is 0 Å². The third-order valence-electron chi connectivity index (χ3n) is 2.51. The van der Waals surface area contributed by atoms with Gasteiger partial charge in [-0.3, -0.25) is 0 Å². The van der Waals surface area contributed by atoms with Gasteiger partial charge >= 0.3 is 6.18 Å². The van der Waals surface area contributed by atoms with Crippen molar-refractivity contribution in [2.45, 2.75) is 11.5 Å². The van der Waals surface area contributed by atoms with Gasteiger partial charge in [0.25, 0.3) is 0 Å². The lowest BCUT2D eigenvalue weighted by Crippen LogP contribution is -2.31. The molecule has 0 aliphatic rings. The largest absolute Gasteiger partial charge is 0.405 e. The van der Waals surface area contributed by atoms with Crippen LogP contribution >= 0.6 is 15.9 Å². The van der Waals surface area contributed by atoms with Gasteiger partial charge in [0.15, 0.2) is 5.82 Å². The molecule has 2 aromatic rings. The summed E-state index contributed by atoms with van der Waals surface area (Å²) in [6.07, 6.45) is -2.46. The average molecular weight is 322 g/mol. The Morgan fingerprint density at radius 1 is 1.39 bits per heavy atom. The lowest BCUT2D eigenvalue weighted by molar-refractivity contribution is -0.119. The van der Waals surface area contributed by atoms with E-state index in [1.165, 1.54) is 7.05 Å². The Hall–Kier alpha value is -1.24. The first-order valence-electron chi connectivity index (χ1n) is 5.22. The first-order chi connectivity index (χ1) is 8.42. The standard InChI is InChI=1S/C11H11BrF3N3/c1-17(7-11(13,14)15)10-8(6-12)18-5-3-2-4-9(18)16-10/h2-5H,6-7H2,1H3. The zero-order valence-corrected chi connectivity index (χ0v) is 11.2. The van der Waals surface area contributed by atoms with Crippen LogP contribution in [-0.2, 0) is 5.33 Å². The number of aromatic nitrogens is 2. The number of fused-ring (bicyclic) bond motifs is 1. The summed E-state index contributed by atoms with van der Waals surface area (Å²) in [5.41, 5.74) is 1.34. The van der Waals surface area contributed by atoms with Crippen LogP contribution in [0.15, 0.2) is 24.4 Å². The number of anilines is 1. The second kappa shape index (κ2) is 4.79. The van der Waals surface area contributed by atoms with Gasteiger partial charge in [-0.05, 0) is 12.1 Å². The number of pyridine rings is 1. The van der Waals surface area contributed by atoms with Crippen LogP contribution in [0.2, 0.25) is 0 Å². The third kappa shape index (κ3) is 2.60. The Morgan fingerprint density at radius 3 is 2.72 bits per heavy atom. The molecule has 0 saturated carbocycles. The molecular weight excluding hydrogens is 311 g/mol. The Morgan fingerprint density at radius 2 is 2.11 bits per heavy atom. The Bertz CT molecular complexity index is 550. The van der Waals surface area contributed by atoms with Crippen molar-refractivity contribution in [1.82, 2.24) is 9.38 Å². The number of alkyl halides is 4. The second-order valence-corrected chi connectivity index (χ2v) is 4.48. The second-order valence-electron chi connectivity index (χ2n) is 3.92. The first kappa shape index (κ1) is 13.2. The monoisotopic (exact) mass is 321 g/mol. The van der Waals surface area contributed by atoms with Crippen LogP contribution < -0.4 is 4.90 Å². The van der Waals surface area contributed by atoms with Gasteiger partial charge in [-0.15, -0.1) is 0 Å². The average Bonchev–Trinajstić information content (AvgIpc) is 2.65. The van der Waals surface area contributed by atoms with Crippen molar-refractivity contribution >= 4 is 27.4 Å². The molecule has 0 bridgehead atoms. The number of halogens is 4. The smallest absolute Gasteiger partial charge is 0.349 e. The summed E-state index contributed by atoms with van der Waals surface area (Å²) in [5, 5.41) is 0.440. The summed E-state index contributed by atoms with van der Waals surface area (Å²) in [7, 11) is 1.39. The van der Waals surface area contributed by atoms with Gasteiger partial charge in [-0.2, -0.15) is 13.2 Å². The highest BCUT2D eigenvalue weighted by molar-refractivity contribution is 9.08.